The van der Waals surface area contributed by atoms with Crippen LogP contribution in [0, 0.1) is 12.8 Å². The quantitative estimate of drug-likeness (QED) is 0.842. The maximum atomic E-state index is 11.9. The average molecular weight is 288 g/mol. The summed E-state index contributed by atoms with van der Waals surface area (Å²) in [4.78, 5) is 11.9. The van der Waals surface area contributed by atoms with Crippen molar-refractivity contribution in [2.75, 3.05) is 11.9 Å². The molecule has 0 saturated carbocycles. The molecule has 1 rings (SSSR count). The first-order valence-electron chi connectivity index (χ1n) is 5.47. The largest absolute Gasteiger partial charge is 0.350 e. The Bertz CT molecular complexity index is 362. The van der Waals surface area contributed by atoms with Gasteiger partial charge in [0.2, 0.25) is 0 Å². The molecule has 0 saturated heterocycles. The van der Waals surface area contributed by atoms with Gasteiger partial charge in [-0.05, 0) is 25.8 Å². The molecule has 0 aliphatic heterocycles. The van der Waals surface area contributed by atoms with E-state index in [4.69, 9.17) is 0 Å². The second kappa shape index (κ2) is 6.03. The summed E-state index contributed by atoms with van der Waals surface area (Å²) < 4.78 is 1.73. The van der Waals surface area contributed by atoms with E-state index >= 15 is 0 Å². The lowest BCUT2D eigenvalue weighted by Gasteiger charge is -2.09. The fourth-order valence-corrected chi connectivity index (χ4v) is 1.61. The van der Waals surface area contributed by atoms with Gasteiger partial charge in [-0.2, -0.15) is 5.10 Å². The summed E-state index contributed by atoms with van der Waals surface area (Å²) >= 11 is 3.38. The monoisotopic (exact) mass is 287 g/mol. The van der Waals surface area contributed by atoms with Crippen LogP contribution in [0.15, 0.2) is 6.07 Å². The maximum absolute atomic E-state index is 11.9. The predicted molar refractivity (Wildman–Crippen MR) is 67.9 cm³/mol. The highest BCUT2D eigenvalue weighted by Gasteiger charge is 2.13. The topological polar surface area (TPSA) is 46.9 Å². The second-order valence-electron chi connectivity index (χ2n) is 3.96. The van der Waals surface area contributed by atoms with Crippen LogP contribution < -0.4 is 5.32 Å². The van der Waals surface area contributed by atoms with Gasteiger partial charge in [-0.1, -0.05) is 22.9 Å². The van der Waals surface area contributed by atoms with Crippen LogP contribution >= 0.6 is 15.9 Å². The Balaban J connectivity index is 2.65. The van der Waals surface area contributed by atoms with Crippen LogP contribution in [0.3, 0.4) is 0 Å². The molecule has 0 aliphatic rings. The van der Waals surface area contributed by atoms with Gasteiger partial charge in [0.05, 0.1) is 5.69 Å². The van der Waals surface area contributed by atoms with Gasteiger partial charge in [-0.3, -0.25) is 9.48 Å². The van der Waals surface area contributed by atoms with Crippen molar-refractivity contribution in [3.8, 4) is 0 Å². The zero-order valence-electron chi connectivity index (χ0n) is 9.96. The van der Waals surface area contributed by atoms with E-state index in [1.807, 2.05) is 19.9 Å². The minimum Gasteiger partial charge on any atom is -0.350 e. The van der Waals surface area contributed by atoms with Crippen LogP contribution in [0.25, 0.3) is 0 Å². The van der Waals surface area contributed by atoms with Crippen molar-refractivity contribution in [1.29, 1.82) is 0 Å². The molecule has 4 nitrogen and oxygen atoms in total. The van der Waals surface area contributed by atoms with Crippen LogP contribution in [0.1, 0.15) is 30.0 Å². The molecule has 0 spiro atoms. The third-order valence-corrected chi connectivity index (χ3v) is 3.41. The number of halogens is 1. The van der Waals surface area contributed by atoms with E-state index in [-0.39, 0.29) is 5.91 Å². The van der Waals surface area contributed by atoms with Gasteiger partial charge in [0.15, 0.2) is 0 Å². The number of nitrogens with one attached hydrogen (secondary N) is 1. The van der Waals surface area contributed by atoms with Crippen molar-refractivity contribution in [2.24, 2.45) is 5.92 Å². The lowest BCUT2D eigenvalue weighted by Crippen LogP contribution is -2.30. The first-order chi connectivity index (χ1) is 7.58. The van der Waals surface area contributed by atoms with Crippen LogP contribution in [-0.2, 0) is 6.54 Å². The summed E-state index contributed by atoms with van der Waals surface area (Å²) in [6.45, 7) is 7.34. The molecule has 0 bridgehead atoms. The van der Waals surface area contributed by atoms with Crippen LogP contribution in [-0.4, -0.2) is 27.6 Å². The molecule has 1 unspecified atom stereocenters. The third-order valence-electron chi connectivity index (χ3n) is 2.31. The lowest BCUT2D eigenvalue weighted by molar-refractivity contribution is 0.0938. The van der Waals surface area contributed by atoms with E-state index in [0.717, 1.165) is 11.0 Å². The summed E-state index contributed by atoms with van der Waals surface area (Å²) in [5.41, 5.74) is 1.52. The normalized spacial score (nSPS) is 12.5. The first kappa shape index (κ1) is 13.2. The number of aryl methyl sites for hydroxylation is 2. The number of aromatic nitrogens is 2. The van der Waals surface area contributed by atoms with E-state index in [2.05, 4.69) is 33.3 Å². The summed E-state index contributed by atoms with van der Waals surface area (Å²) in [7, 11) is 0. The molecule has 0 radical (unpaired) electrons. The Morgan fingerprint density at radius 1 is 1.69 bits per heavy atom. The molecule has 1 aromatic heterocycles. The Labute approximate surface area is 105 Å². The molecule has 1 N–H and O–H groups in total. The predicted octanol–water partition coefficient (Wildman–Crippen LogP) is 1.97. The van der Waals surface area contributed by atoms with E-state index in [1.54, 1.807) is 4.68 Å². The number of nitrogens with zero attached hydrogens (tertiary/aromatic N) is 2. The minimum absolute atomic E-state index is 0.0461. The number of alkyl halides is 1. The van der Waals surface area contributed by atoms with Crippen LogP contribution in [0.2, 0.25) is 0 Å². The van der Waals surface area contributed by atoms with Crippen LogP contribution in [0.4, 0.5) is 0 Å². The molecule has 5 heteroatoms. The highest BCUT2D eigenvalue weighted by atomic mass is 79.9. The number of amides is 1. The number of rotatable bonds is 5. The zero-order chi connectivity index (χ0) is 12.1. The van der Waals surface area contributed by atoms with E-state index in [1.165, 1.54) is 0 Å². The van der Waals surface area contributed by atoms with Crippen molar-refractivity contribution >= 4 is 21.8 Å². The van der Waals surface area contributed by atoms with Crippen molar-refractivity contribution in [2.45, 2.75) is 27.3 Å². The average Bonchev–Trinajstić information content (AvgIpc) is 2.66. The second-order valence-corrected chi connectivity index (χ2v) is 4.60. The Kier molecular flexibility index (Phi) is 4.99. The van der Waals surface area contributed by atoms with Crippen molar-refractivity contribution < 1.29 is 4.79 Å². The molecule has 1 heterocycles. The molecular weight excluding hydrogens is 270 g/mol. The molecule has 1 aromatic rings. The maximum Gasteiger partial charge on any atom is 0.269 e. The molecule has 0 aromatic carbocycles. The fraction of sp³-hybridized carbons (Fsp3) is 0.636. The van der Waals surface area contributed by atoms with Crippen molar-refractivity contribution in [3.63, 3.8) is 0 Å². The number of carbonyl (C=O) groups excluding carboxylic acids is 1. The third kappa shape index (κ3) is 3.33. The summed E-state index contributed by atoms with van der Waals surface area (Å²) in [6, 6.07) is 1.82. The molecule has 0 aliphatic carbocycles. The lowest BCUT2D eigenvalue weighted by atomic mass is 10.2. The molecule has 0 fully saturated rings. The molecular formula is C11H18BrN3O. The summed E-state index contributed by atoms with van der Waals surface area (Å²) in [5.74, 6) is 0.387. The Morgan fingerprint density at radius 2 is 2.38 bits per heavy atom. The molecule has 1 atom stereocenters. The minimum atomic E-state index is -0.0461. The van der Waals surface area contributed by atoms with E-state index < -0.39 is 0 Å². The Hall–Kier alpha value is -0.840. The van der Waals surface area contributed by atoms with Gasteiger partial charge >= 0.3 is 0 Å². The van der Waals surface area contributed by atoms with Gasteiger partial charge in [-0.25, -0.2) is 0 Å². The van der Waals surface area contributed by atoms with Gasteiger partial charge in [0.25, 0.3) is 5.91 Å². The zero-order valence-corrected chi connectivity index (χ0v) is 11.5. The van der Waals surface area contributed by atoms with Gasteiger partial charge in [0, 0.05) is 18.4 Å². The van der Waals surface area contributed by atoms with Gasteiger partial charge in [-0.15, -0.1) is 0 Å². The van der Waals surface area contributed by atoms with Crippen molar-refractivity contribution in [3.05, 3.63) is 17.5 Å². The van der Waals surface area contributed by atoms with Gasteiger partial charge < -0.3 is 5.32 Å². The molecule has 16 heavy (non-hydrogen) atoms. The summed E-state index contributed by atoms with van der Waals surface area (Å²) in [5, 5.41) is 8.04. The van der Waals surface area contributed by atoms with Crippen LogP contribution in [0.5, 0.6) is 0 Å². The number of carbonyl (C=O) groups is 1. The standard InChI is InChI=1S/C11H18BrN3O/c1-4-15-10(5-9(3)14-15)11(16)13-7-8(2)6-12/h5,8H,4,6-7H2,1-3H3,(H,13,16). The highest BCUT2D eigenvalue weighted by Crippen LogP contribution is 2.04. The highest BCUT2D eigenvalue weighted by molar-refractivity contribution is 9.09. The van der Waals surface area contributed by atoms with E-state index in [9.17, 15) is 4.79 Å². The van der Waals surface area contributed by atoms with E-state index in [0.29, 0.717) is 24.7 Å². The van der Waals surface area contributed by atoms with Gasteiger partial charge in [0.1, 0.15) is 5.69 Å². The molecule has 90 valence electrons. The summed E-state index contributed by atoms with van der Waals surface area (Å²) in [6.07, 6.45) is 0. The first-order valence-corrected chi connectivity index (χ1v) is 6.59. The number of hydrogen-bond donors (Lipinski definition) is 1. The smallest absolute Gasteiger partial charge is 0.269 e. The Morgan fingerprint density at radius 3 is 2.94 bits per heavy atom. The fourth-order valence-electron chi connectivity index (χ4n) is 1.38. The number of hydrogen-bond acceptors (Lipinski definition) is 2. The molecule has 1 amide bonds. The SMILES string of the molecule is CCn1nc(C)cc1C(=O)NCC(C)CBr. The van der Waals surface area contributed by atoms with Crippen molar-refractivity contribution in [1.82, 2.24) is 15.1 Å².